The molecule has 0 aliphatic heterocycles. The summed E-state index contributed by atoms with van der Waals surface area (Å²) in [4.78, 5) is 29.3. The number of aryl methyl sites for hydroxylation is 1. The van der Waals surface area contributed by atoms with Gasteiger partial charge in [-0.15, -0.1) is 0 Å². The second-order valence-electron chi connectivity index (χ2n) is 11.2. The van der Waals surface area contributed by atoms with Gasteiger partial charge in [-0.1, -0.05) is 72.3 Å². The highest BCUT2D eigenvalue weighted by atomic mass is 32.2. The first-order chi connectivity index (χ1) is 19.2. The summed E-state index contributed by atoms with van der Waals surface area (Å²) in [7, 11) is -1.65. The lowest BCUT2D eigenvalue weighted by Crippen LogP contribution is -2.56. The number of amides is 2. The molecule has 0 saturated heterocycles. The van der Waals surface area contributed by atoms with E-state index in [0.717, 1.165) is 31.4 Å². The van der Waals surface area contributed by atoms with Crippen LogP contribution in [-0.4, -0.2) is 61.7 Å². The number of benzene rings is 3. The van der Waals surface area contributed by atoms with Gasteiger partial charge in [0.15, 0.2) is 0 Å². The Morgan fingerprint density at radius 2 is 1.46 bits per heavy atom. The minimum Gasteiger partial charge on any atom is -0.350 e. The van der Waals surface area contributed by atoms with E-state index in [-0.39, 0.29) is 24.6 Å². The van der Waals surface area contributed by atoms with Crippen molar-refractivity contribution in [1.82, 2.24) is 14.5 Å². The Balaban J connectivity index is 2.12. The summed E-state index contributed by atoms with van der Waals surface area (Å²) in [5.41, 5.74) is 1.77. The molecule has 0 heterocycles. The van der Waals surface area contributed by atoms with Crippen LogP contribution in [-0.2, 0) is 32.8 Å². The fourth-order valence-corrected chi connectivity index (χ4v) is 5.32. The minimum atomic E-state index is -4.28. The number of anilines is 1. The molecule has 2 amide bonds. The first-order valence-electron chi connectivity index (χ1n) is 13.3. The lowest BCUT2D eigenvalue weighted by Gasteiger charge is -2.35. The molecule has 0 fully saturated rings. The van der Waals surface area contributed by atoms with Crippen molar-refractivity contribution in [1.29, 1.82) is 0 Å². The molecule has 0 aliphatic carbocycles. The Labute approximate surface area is 243 Å². The van der Waals surface area contributed by atoms with E-state index in [1.54, 1.807) is 0 Å². The highest BCUT2D eigenvalue weighted by molar-refractivity contribution is 7.90. The van der Waals surface area contributed by atoms with Crippen molar-refractivity contribution in [2.24, 2.45) is 0 Å². The van der Waals surface area contributed by atoms with Crippen LogP contribution in [0.15, 0.2) is 78.9 Å². The number of nitrogens with one attached hydrogen (secondary N) is 1. The van der Waals surface area contributed by atoms with Gasteiger partial charge in [0.25, 0.3) is 0 Å². The zero-order chi connectivity index (χ0) is 30.4. The first-order valence-corrected chi connectivity index (χ1v) is 14.7. The van der Waals surface area contributed by atoms with Crippen molar-refractivity contribution in [3.63, 3.8) is 0 Å². The Hall–Kier alpha value is -3.76. The van der Waals surface area contributed by atoms with Crippen LogP contribution in [0.3, 0.4) is 0 Å². The molecular formula is C31H39FN4O4S. The quantitative estimate of drug-likeness (QED) is 0.365. The third-order valence-electron chi connectivity index (χ3n) is 6.38. The Morgan fingerprint density at radius 1 is 0.878 bits per heavy atom. The summed E-state index contributed by atoms with van der Waals surface area (Å²) in [6.07, 6.45) is 0.195. The van der Waals surface area contributed by atoms with Crippen molar-refractivity contribution in [3.05, 3.63) is 101 Å². The van der Waals surface area contributed by atoms with E-state index in [1.165, 1.54) is 37.2 Å². The number of halogens is 1. The molecule has 0 aromatic heterocycles. The van der Waals surface area contributed by atoms with Gasteiger partial charge in [-0.2, -0.15) is 12.7 Å². The van der Waals surface area contributed by atoms with E-state index < -0.39 is 40.1 Å². The van der Waals surface area contributed by atoms with Crippen molar-refractivity contribution < 1.29 is 22.4 Å². The van der Waals surface area contributed by atoms with E-state index in [9.17, 15) is 22.4 Å². The van der Waals surface area contributed by atoms with Crippen LogP contribution in [0.2, 0.25) is 0 Å². The highest BCUT2D eigenvalue weighted by Gasteiger charge is 2.36. The van der Waals surface area contributed by atoms with E-state index in [4.69, 9.17) is 0 Å². The molecule has 10 heteroatoms. The third-order valence-corrected chi connectivity index (χ3v) is 8.19. The molecule has 41 heavy (non-hydrogen) atoms. The van der Waals surface area contributed by atoms with E-state index in [0.29, 0.717) is 0 Å². The SMILES string of the molecule is Cc1ccc(CN(C(=O)CN(c2ccccc2F)S(=O)(=O)N(C)C)[C@@H](Cc2ccccc2)C(=O)NC(C)(C)C)cc1. The Bertz CT molecular complexity index is 1440. The first kappa shape index (κ1) is 31.8. The highest BCUT2D eigenvalue weighted by Crippen LogP contribution is 2.24. The standard InChI is InChI=1S/C31H39FN4O4S/c1-23-16-18-25(19-17-23)21-35(28(30(38)33-31(2,3)4)20-24-12-8-7-9-13-24)29(37)22-36(41(39,40)34(5)6)27-15-11-10-14-26(27)32/h7-19,28H,20-22H2,1-6H3,(H,33,38)/t28-/m0/s1. The number of hydrogen-bond acceptors (Lipinski definition) is 4. The van der Waals surface area contributed by atoms with Crippen LogP contribution in [0, 0.1) is 12.7 Å². The van der Waals surface area contributed by atoms with Gasteiger partial charge in [0.05, 0.1) is 5.69 Å². The molecule has 3 rings (SSSR count). The maximum absolute atomic E-state index is 14.9. The van der Waals surface area contributed by atoms with Gasteiger partial charge in [-0.05, 0) is 51.0 Å². The van der Waals surface area contributed by atoms with Crippen molar-refractivity contribution in [2.45, 2.75) is 52.2 Å². The van der Waals surface area contributed by atoms with Gasteiger partial charge in [-0.25, -0.2) is 8.70 Å². The molecule has 3 aromatic carbocycles. The number of hydrogen-bond donors (Lipinski definition) is 1. The lowest BCUT2D eigenvalue weighted by atomic mass is 10.0. The minimum absolute atomic E-state index is 0.0430. The summed E-state index contributed by atoms with van der Waals surface area (Å²) >= 11 is 0. The van der Waals surface area contributed by atoms with Gasteiger partial charge < -0.3 is 10.2 Å². The maximum Gasteiger partial charge on any atom is 0.304 e. The van der Waals surface area contributed by atoms with E-state index in [2.05, 4.69) is 5.32 Å². The maximum atomic E-state index is 14.9. The Kier molecular flexibility index (Phi) is 10.3. The molecule has 0 aliphatic rings. The third kappa shape index (κ3) is 8.61. The molecule has 0 spiro atoms. The molecule has 0 radical (unpaired) electrons. The van der Waals surface area contributed by atoms with Crippen LogP contribution >= 0.6 is 0 Å². The molecule has 3 aromatic rings. The number of rotatable bonds is 11. The summed E-state index contributed by atoms with van der Waals surface area (Å²) in [5, 5.41) is 2.98. The van der Waals surface area contributed by atoms with Crippen molar-refractivity contribution >= 4 is 27.7 Å². The van der Waals surface area contributed by atoms with Crippen molar-refractivity contribution in [3.8, 4) is 0 Å². The zero-order valence-electron chi connectivity index (χ0n) is 24.5. The zero-order valence-corrected chi connectivity index (χ0v) is 25.3. The van der Waals surface area contributed by atoms with Crippen LogP contribution in [0.4, 0.5) is 10.1 Å². The van der Waals surface area contributed by atoms with Crippen LogP contribution in [0.1, 0.15) is 37.5 Å². The monoisotopic (exact) mass is 582 g/mol. The van der Waals surface area contributed by atoms with Crippen LogP contribution in [0.25, 0.3) is 0 Å². The lowest BCUT2D eigenvalue weighted by molar-refractivity contribution is -0.140. The van der Waals surface area contributed by atoms with Gasteiger partial charge >= 0.3 is 10.2 Å². The average molecular weight is 583 g/mol. The van der Waals surface area contributed by atoms with Crippen LogP contribution in [0.5, 0.6) is 0 Å². The fraction of sp³-hybridized carbons (Fsp3) is 0.355. The smallest absolute Gasteiger partial charge is 0.304 e. The van der Waals surface area contributed by atoms with Gasteiger partial charge in [0, 0.05) is 32.6 Å². The average Bonchev–Trinajstić information content (AvgIpc) is 2.90. The number of carbonyl (C=O) groups is 2. The molecule has 0 bridgehead atoms. The predicted octanol–water partition coefficient (Wildman–Crippen LogP) is 4.30. The molecule has 0 saturated carbocycles. The number of nitrogens with zero attached hydrogens (tertiary/aromatic N) is 3. The summed E-state index contributed by atoms with van der Waals surface area (Å²) < 4.78 is 43.3. The fourth-order valence-electron chi connectivity index (χ4n) is 4.25. The Morgan fingerprint density at radius 3 is 2.02 bits per heavy atom. The normalized spacial score (nSPS) is 12.6. The van der Waals surface area contributed by atoms with Crippen molar-refractivity contribution in [2.75, 3.05) is 24.9 Å². The molecule has 0 unspecified atom stereocenters. The molecule has 220 valence electrons. The topological polar surface area (TPSA) is 90.0 Å². The van der Waals surface area contributed by atoms with Gasteiger partial charge in [0.1, 0.15) is 18.4 Å². The van der Waals surface area contributed by atoms with Gasteiger partial charge in [-0.3, -0.25) is 9.59 Å². The molecule has 8 nitrogen and oxygen atoms in total. The van der Waals surface area contributed by atoms with E-state index in [1.807, 2.05) is 82.3 Å². The summed E-state index contributed by atoms with van der Waals surface area (Å²) in [6, 6.07) is 21.2. The second-order valence-corrected chi connectivity index (χ2v) is 13.3. The predicted molar refractivity (Wildman–Crippen MR) is 160 cm³/mol. The number of carbonyl (C=O) groups excluding carboxylic acids is 2. The second kappa shape index (κ2) is 13.3. The molecule has 1 atom stereocenters. The molecular weight excluding hydrogens is 543 g/mol. The van der Waals surface area contributed by atoms with Gasteiger partial charge in [0.2, 0.25) is 11.8 Å². The largest absolute Gasteiger partial charge is 0.350 e. The van der Waals surface area contributed by atoms with Crippen LogP contribution < -0.4 is 9.62 Å². The summed E-state index contributed by atoms with van der Waals surface area (Å²) in [6.45, 7) is 6.82. The molecule has 1 N–H and O–H groups in total. The van der Waals surface area contributed by atoms with E-state index >= 15 is 0 Å². The summed E-state index contributed by atoms with van der Waals surface area (Å²) in [5.74, 6) is -1.82. The number of para-hydroxylation sites is 1.